The molecule has 0 saturated heterocycles. The SMILES string of the molecule is Nc1ccc2nc(NCC3CCCC3CO)[nH]c(=O)c2c1. The number of aromatic nitrogens is 2. The molecule has 2 aromatic rings. The minimum absolute atomic E-state index is 0.195. The van der Waals surface area contributed by atoms with Crippen molar-refractivity contribution >= 4 is 22.5 Å². The summed E-state index contributed by atoms with van der Waals surface area (Å²) in [4.78, 5) is 19.2. The largest absolute Gasteiger partial charge is 0.399 e. The zero-order valence-corrected chi connectivity index (χ0v) is 11.8. The van der Waals surface area contributed by atoms with Crippen molar-refractivity contribution in [3.63, 3.8) is 0 Å². The number of aliphatic hydroxyl groups excluding tert-OH is 1. The summed E-state index contributed by atoms with van der Waals surface area (Å²) in [5.74, 6) is 1.26. The number of nitrogens with two attached hydrogens (primary N) is 1. The quantitative estimate of drug-likeness (QED) is 0.635. The number of H-pyrrole nitrogens is 1. The Kier molecular flexibility index (Phi) is 3.79. The van der Waals surface area contributed by atoms with Gasteiger partial charge in [-0.25, -0.2) is 4.98 Å². The molecular formula is C15H20N4O2. The summed E-state index contributed by atoms with van der Waals surface area (Å²) in [5.41, 5.74) is 6.66. The Bertz CT molecular complexity index is 698. The van der Waals surface area contributed by atoms with E-state index in [1.807, 2.05) is 0 Å². The lowest BCUT2D eigenvalue weighted by Gasteiger charge is -2.18. The van der Waals surface area contributed by atoms with E-state index in [0.29, 0.717) is 40.9 Å². The fourth-order valence-corrected chi connectivity index (χ4v) is 3.09. The van der Waals surface area contributed by atoms with Gasteiger partial charge >= 0.3 is 0 Å². The Morgan fingerprint density at radius 3 is 3.00 bits per heavy atom. The van der Waals surface area contributed by atoms with Crippen molar-refractivity contribution in [2.45, 2.75) is 19.3 Å². The van der Waals surface area contributed by atoms with E-state index in [4.69, 9.17) is 5.73 Å². The molecule has 3 rings (SSSR count). The van der Waals surface area contributed by atoms with Crippen LogP contribution in [0.2, 0.25) is 0 Å². The molecule has 1 aromatic heterocycles. The third kappa shape index (κ3) is 2.85. The van der Waals surface area contributed by atoms with Gasteiger partial charge < -0.3 is 16.2 Å². The lowest BCUT2D eigenvalue weighted by molar-refractivity contribution is 0.199. The fourth-order valence-electron chi connectivity index (χ4n) is 3.09. The standard InChI is InChI=1S/C15H20N4O2/c16-11-4-5-13-12(6-11)14(21)19-15(18-13)17-7-9-2-1-3-10(9)8-20/h4-6,9-10,20H,1-3,7-8,16H2,(H2,17,18,19,21). The summed E-state index contributed by atoms with van der Waals surface area (Å²) in [6, 6.07) is 5.11. The molecule has 21 heavy (non-hydrogen) atoms. The second-order valence-corrected chi connectivity index (χ2v) is 5.71. The van der Waals surface area contributed by atoms with Crippen LogP contribution in [0.3, 0.4) is 0 Å². The molecule has 6 heteroatoms. The Labute approximate surface area is 122 Å². The summed E-state index contributed by atoms with van der Waals surface area (Å²) in [7, 11) is 0. The van der Waals surface area contributed by atoms with Crippen LogP contribution in [0.15, 0.2) is 23.0 Å². The van der Waals surface area contributed by atoms with E-state index in [-0.39, 0.29) is 12.2 Å². The first-order chi connectivity index (χ1) is 10.2. The highest BCUT2D eigenvalue weighted by Crippen LogP contribution is 2.31. The summed E-state index contributed by atoms with van der Waals surface area (Å²) in [6.07, 6.45) is 3.33. The highest BCUT2D eigenvalue weighted by atomic mass is 16.3. The summed E-state index contributed by atoms with van der Waals surface area (Å²) >= 11 is 0. The molecule has 6 nitrogen and oxygen atoms in total. The number of rotatable bonds is 4. The number of hydrogen-bond donors (Lipinski definition) is 4. The van der Waals surface area contributed by atoms with Crippen LogP contribution < -0.4 is 16.6 Å². The van der Waals surface area contributed by atoms with E-state index in [9.17, 15) is 9.90 Å². The maximum atomic E-state index is 12.0. The molecule has 1 aromatic carbocycles. The fraction of sp³-hybridized carbons (Fsp3) is 0.467. The third-order valence-corrected chi connectivity index (χ3v) is 4.31. The van der Waals surface area contributed by atoms with Crippen molar-refractivity contribution in [2.75, 3.05) is 24.2 Å². The number of nitrogens with one attached hydrogen (secondary N) is 2. The predicted molar refractivity (Wildman–Crippen MR) is 83.2 cm³/mol. The Morgan fingerprint density at radius 1 is 1.38 bits per heavy atom. The van der Waals surface area contributed by atoms with Gasteiger partial charge in [-0.15, -0.1) is 0 Å². The zero-order valence-electron chi connectivity index (χ0n) is 11.8. The van der Waals surface area contributed by atoms with Gasteiger partial charge in [-0.3, -0.25) is 9.78 Å². The number of fused-ring (bicyclic) bond motifs is 1. The van der Waals surface area contributed by atoms with Gasteiger partial charge in [0, 0.05) is 18.8 Å². The first-order valence-corrected chi connectivity index (χ1v) is 7.31. The lowest BCUT2D eigenvalue weighted by Crippen LogP contribution is -2.23. The minimum Gasteiger partial charge on any atom is -0.399 e. The number of aromatic amines is 1. The van der Waals surface area contributed by atoms with E-state index in [2.05, 4.69) is 15.3 Å². The van der Waals surface area contributed by atoms with Gasteiger partial charge in [-0.1, -0.05) is 6.42 Å². The van der Waals surface area contributed by atoms with Crippen molar-refractivity contribution in [3.05, 3.63) is 28.6 Å². The first kappa shape index (κ1) is 13.9. The average molecular weight is 288 g/mol. The van der Waals surface area contributed by atoms with Crippen molar-refractivity contribution in [2.24, 2.45) is 11.8 Å². The second-order valence-electron chi connectivity index (χ2n) is 5.71. The molecule has 1 aliphatic rings. The number of nitrogen functional groups attached to an aromatic ring is 1. The van der Waals surface area contributed by atoms with Crippen LogP contribution in [-0.4, -0.2) is 28.2 Å². The van der Waals surface area contributed by atoms with Crippen LogP contribution in [-0.2, 0) is 0 Å². The number of aliphatic hydroxyl groups is 1. The molecule has 112 valence electrons. The smallest absolute Gasteiger partial charge is 0.260 e. The van der Waals surface area contributed by atoms with E-state index < -0.39 is 0 Å². The van der Waals surface area contributed by atoms with E-state index in [1.54, 1.807) is 18.2 Å². The van der Waals surface area contributed by atoms with Gasteiger partial charge in [0.05, 0.1) is 10.9 Å². The Hall–Kier alpha value is -2.08. The molecule has 1 aliphatic carbocycles. The van der Waals surface area contributed by atoms with Gasteiger partial charge in [-0.05, 0) is 42.9 Å². The number of anilines is 2. The predicted octanol–water partition coefficient (Wildman–Crippen LogP) is 1.33. The highest BCUT2D eigenvalue weighted by Gasteiger charge is 2.26. The maximum absolute atomic E-state index is 12.0. The molecule has 0 radical (unpaired) electrons. The molecule has 1 saturated carbocycles. The summed E-state index contributed by atoms with van der Waals surface area (Å²) in [6.45, 7) is 0.946. The van der Waals surface area contributed by atoms with Crippen molar-refractivity contribution in [1.82, 2.24) is 9.97 Å². The van der Waals surface area contributed by atoms with Crippen LogP contribution in [0.4, 0.5) is 11.6 Å². The molecule has 0 spiro atoms. The topological polar surface area (TPSA) is 104 Å². The molecule has 0 amide bonds. The zero-order chi connectivity index (χ0) is 14.8. The molecule has 1 heterocycles. The normalized spacial score (nSPS) is 21.8. The molecule has 5 N–H and O–H groups in total. The number of benzene rings is 1. The lowest BCUT2D eigenvalue weighted by atomic mass is 9.97. The van der Waals surface area contributed by atoms with Crippen LogP contribution in [0.5, 0.6) is 0 Å². The van der Waals surface area contributed by atoms with Gasteiger partial charge in [-0.2, -0.15) is 0 Å². The maximum Gasteiger partial charge on any atom is 0.260 e. The minimum atomic E-state index is -0.195. The molecule has 0 bridgehead atoms. The molecule has 1 fully saturated rings. The number of hydrogen-bond acceptors (Lipinski definition) is 5. The van der Waals surface area contributed by atoms with E-state index >= 15 is 0 Å². The molecular weight excluding hydrogens is 268 g/mol. The highest BCUT2D eigenvalue weighted by molar-refractivity contribution is 5.81. The molecule has 2 atom stereocenters. The van der Waals surface area contributed by atoms with Gasteiger partial charge in [0.15, 0.2) is 0 Å². The van der Waals surface area contributed by atoms with Crippen molar-refractivity contribution < 1.29 is 5.11 Å². The van der Waals surface area contributed by atoms with Crippen molar-refractivity contribution in [3.8, 4) is 0 Å². The van der Waals surface area contributed by atoms with E-state index in [1.165, 1.54) is 0 Å². The van der Waals surface area contributed by atoms with Gasteiger partial charge in [0.2, 0.25) is 5.95 Å². The van der Waals surface area contributed by atoms with Gasteiger partial charge in [0.1, 0.15) is 0 Å². The summed E-state index contributed by atoms with van der Waals surface area (Å²) in [5, 5.41) is 13.0. The van der Waals surface area contributed by atoms with E-state index in [0.717, 1.165) is 19.3 Å². The number of nitrogens with zero attached hydrogens (tertiary/aromatic N) is 1. The second kappa shape index (κ2) is 5.73. The monoisotopic (exact) mass is 288 g/mol. The van der Waals surface area contributed by atoms with Crippen LogP contribution >= 0.6 is 0 Å². The Morgan fingerprint density at radius 2 is 2.19 bits per heavy atom. The Balaban J connectivity index is 1.78. The van der Waals surface area contributed by atoms with Crippen LogP contribution in [0.25, 0.3) is 10.9 Å². The first-order valence-electron chi connectivity index (χ1n) is 7.31. The molecule has 2 unspecified atom stereocenters. The molecule has 0 aliphatic heterocycles. The van der Waals surface area contributed by atoms with Crippen LogP contribution in [0, 0.1) is 11.8 Å². The van der Waals surface area contributed by atoms with Crippen molar-refractivity contribution in [1.29, 1.82) is 0 Å². The third-order valence-electron chi connectivity index (χ3n) is 4.31. The van der Waals surface area contributed by atoms with Crippen LogP contribution in [0.1, 0.15) is 19.3 Å². The van der Waals surface area contributed by atoms with Gasteiger partial charge in [0.25, 0.3) is 5.56 Å². The summed E-state index contributed by atoms with van der Waals surface area (Å²) < 4.78 is 0. The average Bonchev–Trinajstić information content (AvgIpc) is 2.93.